The Hall–Kier alpha value is -1.86. The molecule has 1 heterocycles. The van der Waals surface area contributed by atoms with Gasteiger partial charge in [-0.15, -0.1) is 0 Å². The normalized spacial score (nSPS) is 28.0. The monoisotopic (exact) mass is 524 g/mol. The maximum absolute atomic E-state index is 2.56. The van der Waals surface area contributed by atoms with Gasteiger partial charge in [0.05, 0.1) is 8.07 Å². The highest BCUT2D eigenvalue weighted by molar-refractivity contribution is 6.92. The zero-order valence-corrected chi connectivity index (χ0v) is 25.4. The second-order valence-electron chi connectivity index (χ2n) is 12.9. The largest absolute Gasteiger partial charge is 0.0867 e. The molecule has 1 saturated carbocycles. The smallest absolute Gasteiger partial charge is 0.0668 e. The van der Waals surface area contributed by atoms with E-state index in [1.54, 1.807) is 27.5 Å². The number of rotatable bonds is 10. The summed E-state index contributed by atoms with van der Waals surface area (Å²) >= 11 is 0. The fourth-order valence-corrected chi connectivity index (χ4v) is 13.5. The van der Waals surface area contributed by atoms with Crippen LogP contribution in [0.3, 0.4) is 0 Å². The van der Waals surface area contributed by atoms with Crippen molar-refractivity contribution >= 4 is 18.8 Å². The van der Waals surface area contributed by atoms with Gasteiger partial charge in [-0.2, -0.15) is 0 Å². The van der Waals surface area contributed by atoms with Gasteiger partial charge < -0.3 is 0 Å². The number of hydrogen-bond acceptors (Lipinski definition) is 0. The summed E-state index contributed by atoms with van der Waals surface area (Å²) in [6.45, 7) is 4.70. The molecule has 0 nitrogen and oxygen atoms in total. The Balaban J connectivity index is 1.25. The summed E-state index contributed by atoms with van der Waals surface area (Å²) in [6.07, 6.45) is 23.1. The summed E-state index contributed by atoms with van der Waals surface area (Å²) in [6, 6.07) is 25.7. The third-order valence-electron chi connectivity index (χ3n) is 10.6. The molecular formula is C37H52Si. The van der Waals surface area contributed by atoms with Crippen LogP contribution < -0.4 is 5.19 Å². The van der Waals surface area contributed by atoms with Crippen LogP contribution >= 0.6 is 0 Å². The van der Waals surface area contributed by atoms with Crippen LogP contribution in [0.4, 0.5) is 0 Å². The minimum atomic E-state index is -1.35. The maximum atomic E-state index is 2.56. The molecule has 2 aromatic rings. The van der Waals surface area contributed by atoms with Crippen LogP contribution in [0.2, 0.25) is 18.1 Å². The fourth-order valence-electron chi connectivity index (χ4n) is 8.26. The van der Waals surface area contributed by atoms with Crippen molar-refractivity contribution in [3.8, 4) is 0 Å². The van der Waals surface area contributed by atoms with E-state index in [0.717, 1.165) is 17.8 Å². The van der Waals surface area contributed by atoms with Gasteiger partial charge in [-0.1, -0.05) is 142 Å². The Labute approximate surface area is 235 Å². The second-order valence-corrected chi connectivity index (χ2v) is 17.5. The minimum absolute atomic E-state index is 0.771. The van der Waals surface area contributed by atoms with Crippen LogP contribution in [-0.4, -0.2) is 8.07 Å². The first-order valence-electron chi connectivity index (χ1n) is 16.3. The summed E-state index contributed by atoms with van der Waals surface area (Å²) in [5.41, 5.74) is 6.57. The molecule has 1 heteroatoms. The molecule has 2 aliphatic carbocycles. The molecule has 0 amide bonds. The molecule has 204 valence electrons. The predicted molar refractivity (Wildman–Crippen MR) is 170 cm³/mol. The van der Waals surface area contributed by atoms with Crippen LogP contribution in [0.5, 0.6) is 0 Å². The molecule has 38 heavy (non-hydrogen) atoms. The van der Waals surface area contributed by atoms with Gasteiger partial charge in [-0.25, -0.2) is 0 Å². The van der Waals surface area contributed by atoms with Crippen LogP contribution in [-0.2, 0) is 0 Å². The molecule has 0 aromatic heterocycles. The molecule has 2 fully saturated rings. The third-order valence-corrected chi connectivity index (χ3v) is 15.9. The molecule has 0 radical (unpaired) electrons. The van der Waals surface area contributed by atoms with E-state index in [1.807, 2.05) is 0 Å². The van der Waals surface area contributed by atoms with E-state index >= 15 is 0 Å². The highest BCUT2D eigenvalue weighted by atomic mass is 28.3. The van der Waals surface area contributed by atoms with Gasteiger partial charge in [0.1, 0.15) is 0 Å². The molecular weight excluding hydrogens is 472 g/mol. The van der Waals surface area contributed by atoms with Gasteiger partial charge in [0.25, 0.3) is 0 Å². The Kier molecular flexibility index (Phi) is 9.82. The van der Waals surface area contributed by atoms with Crippen molar-refractivity contribution in [3.63, 3.8) is 0 Å². The standard InChI is InChI=1S/C37H52Si/c1-3-5-11-27-38(35-13-7-6-8-14-35)28-25-32(26-29-38)31-21-23-34(24-22-31)37-16-10-9-15-36(37)33-19-17-30(12-4-2)18-20-33/h6-10,13-16,21,23,30,32-33H,3-5,11-12,17-20,22,24-29H2,1-2H3. The van der Waals surface area contributed by atoms with Crippen LogP contribution in [0.15, 0.2) is 72.3 Å². The highest BCUT2D eigenvalue weighted by Crippen LogP contribution is 2.44. The lowest BCUT2D eigenvalue weighted by Crippen LogP contribution is -2.50. The number of allylic oxidation sites excluding steroid dienone is 4. The first-order valence-corrected chi connectivity index (χ1v) is 18.9. The first kappa shape index (κ1) is 27.7. The van der Waals surface area contributed by atoms with Crippen molar-refractivity contribution in [1.29, 1.82) is 0 Å². The summed E-state index contributed by atoms with van der Waals surface area (Å²) < 4.78 is 0. The zero-order chi connectivity index (χ0) is 26.2. The van der Waals surface area contributed by atoms with Gasteiger partial charge in [0.15, 0.2) is 0 Å². The predicted octanol–water partition coefficient (Wildman–Crippen LogP) is 10.8. The number of hydrogen-bond donors (Lipinski definition) is 0. The van der Waals surface area contributed by atoms with Gasteiger partial charge in [-0.3, -0.25) is 0 Å². The van der Waals surface area contributed by atoms with E-state index < -0.39 is 8.07 Å². The Bertz CT molecular complexity index is 1060. The van der Waals surface area contributed by atoms with Crippen LogP contribution in [0, 0.1) is 11.8 Å². The second kappa shape index (κ2) is 13.5. The first-order chi connectivity index (χ1) is 18.7. The third kappa shape index (κ3) is 6.47. The SMILES string of the molecule is CCCCC[Si]1(c2ccccc2)CCC(C2=CC=C(c3ccccc3C3CCC(CCC)CC3)CC2)CC1. The van der Waals surface area contributed by atoms with Crippen molar-refractivity contribution in [2.24, 2.45) is 11.8 Å². The van der Waals surface area contributed by atoms with Crippen molar-refractivity contribution in [3.05, 3.63) is 83.4 Å². The van der Waals surface area contributed by atoms with Crippen molar-refractivity contribution < 1.29 is 0 Å². The average molecular weight is 525 g/mol. The maximum Gasteiger partial charge on any atom is 0.0867 e. The summed E-state index contributed by atoms with van der Waals surface area (Å²) in [5, 5.41) is 1.75. The highest BCUT2D eigenvalue weighted by Gasteiger charge is 2.39. The quantitative estimate of drug-likeness (QED) is 0.214. The molecule has 5 rings (SSSR count). The Morgan fingerprint density at radius 3 is 2.11 bits per heavy atom. The molecule has 1 aliphatic heterocycles. The van der Waals surface area contributed by atoms with Crippen LogP contribution in [0.1, 0.15) is 114 Å². The molecule has 3 aliphatic rings. The lowest BCUT2D eigenvalue weighted by Gasteiger charge is -2.40. The summed E-state index contributed by atoms with van der Waals surface area (Å²) in [4.78, 5) is 0. The van der Waals surface area contributed by atoms with E-state index in [4.69, 9.17) is 0 Å². The Morgan fingerprint density at radius 2 is 1.42 bits per heavy atom. The zero-order valence-electron chi connectivity index (χ0n) is 24.4. The lowest BCUT2D eigenvalue weighted by atomic mass is 9.74. The molecule has 1 saturated heterocycles. The Morgan fingerprint density at radius 1 is 0.684 bits per heavy atom. The van der Waals surface area contributed by atoms with E-state index in [2.05, 4.69) is 80.6 Å². The van der Waals surface area contributed by atoms with E-state index in [0.29, 0.717) is 0 Å². The summed E-state index contributed by atoms with van der Waals surface area (Å²) in [5.74, 6) is 2.58. The molecule has 0 spiro atoms. The number of benzene rings is 2. The fraction of sp³-hybridized carbons (Fsp3) is 0.568. The molecule has 0 unspecified atom stereocenters. The van der Waals surface area contributed by atoms with Crippen molar-refractivity contribution in [2.45, 2.75) is 121 Å². The van der Waals surface area contributed by atoms with Crippen LogP contribution in [0.25, 0.3) is 5.57 Å². The van der Waals surface area contributed by atoms with Gasteiger partial charge in [0, 0.05) is 0 Å². The van der Waals surface area contributed by atoms with E-state index in [9.17, 15) is 0 Å². The molecule has 2 aromatic carbocycles. The summed E-state index contributed by atoms with van der Waals surface area (Å²) in [7, 11) is -1.35. The number of unbranched alkanes of at least 4 members (excludes halogenated alkanes) is 2. The van der Waals surface area contributed by atoms with E-state index in [1.165, 1.54) is 102 Å². The van der Waals surface area contributed by atoms with E-state index in [-0.39, 0.29) is 0 Å². The van der Waals surface area contributed by atoms with Gasteiger partial charge in [-0.05, 0) is 85.8 Å². The lowest BCUT2D eigenvalue weighted by molar-refractivity contribution is 0.308. The van der Waals surface area contributed by atoms with Gasteiger partial charge >= 0.3 is 0 Å². The molecule has 0 bridgehead atoms. The van der Waals surface area contributed by atoms with Crippen molar-refractivity contribution in [1.82, 2.24) is 0 Å². The molecule has 0 atom stereocenters. The topological polar surface area (TPSA) is 0 Å². The van der Waals surface area contributed by atoms with Crippen molar-refractivity contribution in [2.75, 3.05) is 0 Å². The molecule has 0 N–H and O–H groups in total. The van der Waals surface area contributed by atoms with Gasteiger partial charge in [0.2, 0.25) is 0 Å². The minimum Gasteiger partial charge on any atom is -0.0668 e. The average Bonchev–Trinajstić information content (AvgIpc) is 2.99.